The highest BCUT2D eigenvalue weighted by atomic mass is 127. The standard InChI is InChI=1S/C15H13BrINO2/c1-10-2-5-12(6-3-10)20-9-15(19)18-14-7-4-11(16)8-13(14)17/h2-8H,9H2,1H3,(H,18,19). The summed E-state index contributed by atoms with van der Waals surface area (Å²) in [6, 6.07) is 13.3. The molecule has 104 valence electrons. The Morgan fingerprint density at radius 1 is 1.25 bits per heavy atom. The maximum atomic E-state index is 11.8. The number of halogens is 2. The highest BCUT2D eigenvalue weighted by Gasteiger charge is 2.06. The molecule has 1 amide bonds. The predicted molar refractivity (Wildman–Crippen MR) is 92.2 cm³/mol. The fourth-order valence-corrected chi connectivity index (χ4v) is 3.00. The number of amides is 1. The monoisotopic (exact) mass is 445 g/mol. The van der Waals surface area contributed by atoms with Crippen molar-refractivity contribution >= 4 is 50.1 Å². The van der Waals surface area contributed by atoms with Gasteiger partial charge in [0, 0.05) is 8.04 Å². The Balaban J connectivity index is 1.90. The van der Waals surface area contributed by atoms with Crippen LogP contribution in [0.25, 0.3) is 0 Å². The summed E-state index contributed by atoms with van der Waals surface area (Å²) >= 11 is 5.56. The van der Waals surface area contributed by atoms with E-state index in [1.165, 1.54) is 0 Å². The maximum absolute atomic E-state index is 11.8. The SMILES string of the molecule is Cc1ccc(OCC(=O)Nc2ccc(Br)cc2I)cc1. The molecule has 1 N–H and O–H groups in total. The molecule has 3 nitrogen and oxygen atoms in total. The molecule has 0 unspecified atom stereocenters. The lowest BCUT2D eigenvalue weighted by atomic mass is 10.2. The van der Waals surface area contributed by atoms with E-state index >= 15 is 0 Å². The fourth-order valence-electron chi connectivity index (χ4n) is 1.56. The van der Waals surface area contributed by atoms with E-state index in [9.17, 15) is 4.79 Å². The number of anilines is 1. The number of carbonyl (C=O) groups is 1. The molecule has 2 rings (SSSR count). The van der Waals surface area contributed by atoms with E-state index in [4.69, 9.17) is 4.74 Å². The molecule has 0 radical (unpaired) electrons. The van der Waals surface area contributed by atoms with Gasteiger partial charge in [-0.1, -0.05) is 33.6 Å². The van der Waals surface area contributed by atoms with Crippen LogP contribution in [0, 0.1) is 10.5 Å². The second kappa shape index (κ2) is 7.08. The van der Waals surface area contributed by atoms with Crippen molar-refractivity contribution in [2.24, 2.45) is 0 Å². The number of nitrogens with one attached hydrogen (secondary N) is 1. The van der Waals surface area contributed by atoms with Crippen LogP contribution in [0.3, 0.4) is 0 Å². The van der Waals surface area contributed by atoms with Crippen LogP contribution in [0.2, 0.25) is 0 Å². The number of benzene rings is 2. The molecule has 0 aromatic heterocycles. The summed E-state index contributed by atoms with van der Waals surface area (Å²) < 4.78 is 7.39. The van der Waals surface area contributed by atoms with Crippen LogP contribution in [-0.2, 0) is 4.79 Å². The van der Waals surface area contributed by atoms with Crippen molar-refractivity contribution in [3.8, 4) is 5.75 Å². The average molecular weight is 446 g/mol. The van der Waals surface area contributed by atoms with E-state index in [1.807, 2.05) is 49.4 Å². The van der Waals surface area contributed by atoms with Crippen molar-refractivity contribution in [2.45, 2.75) is 6.92 Å². The summed E-state index contributed by atoms with van der Waals surface area (Å²) in [7, 11) is 0. The lowest BCUT2D eigenvalue weighted by Crippen LogP contribution is -2.20. The molecule has 20 heavy (non-hydrogen) atoms. The Kier molecular flexibility index (Phi) is 5.42. The second-order valence-corrected chi connectivity index (χ2v) is 6.35. The van der Waals surface area contributed by atoms with Crippen LogP contribution in [0.4, 0.5) is 5.69 Å². The molecule has 2 aromatic carbocycles. The van der Waals surface area contributed by atoms with Crippen molar-refractivity contribution < 1.29 is 9.53 Å². The number of ether oxygens (including phenoxy) is 1. The van der Waals surface area contributed by atoms with Crippen molar-refractivity contribution in [1.82, 2.24) is 0 Å². The lowest BCUT2D eigenvalue weighted by Gasteiger charge is -2.09. The van der Waals surface area contributed by atoms with Gasteiger partial charge in [-0.15, -0.1) is 0 Å². The van der Waals surface area contributed by atoms with Gasteiger partial charge in [0.1, 0.15) is 5.75 Å². The Morgan fingerprint density at radius 2 is 1.95 bits per heavy atom. The van der Waals surface area contributed by atoms with Crippen LogP contribution in [0.15, 0.2) is 46.9 Å². The van der Waals surface area contributed by atoms with E-state index in [0.717, 1.165) is 19.3 Å². The van der Waals surface area contributed by atoms with Crippen molar-refractivity contribution in [3.63, 3.8) is 0 Å². The predicted octanol–water partition coefficient (Wildman–Crippen LogP) is 4.38. The van der Waals surface area contributed by atoms with Crippen LogP contribution >= 0.6 is 38.5 Å². The van der Waals surface area contributed by atoms with Gasteiger partial charge in [-0.25, -0.2) is 0 Å². The fraction of sp³-hybridized carbons (Fsp3) is 0.133. The van der Waals surface area contributed by atoms with Gasteiger partial charge in [0.2, 0.25) is 0 Å². The average Bonchev–Trinajstić information content (AvgIpc) is 2.41. The molecule has 5 heteroatoms. The van der Waals surface area contributed by atoms with Crippen LogP contribution in [-0.4, -0.2) is 12.5 Å². The van der Waals surface area contributed by atoms with Gasteiger partial charge < -0.3 is 10.1 Å². The number of carbonyl (C=O) groups excluding carboxylic acids is 1. The van der Waals surface area contributed by atoms with E-state index in [-0.39, 0.29) is 12.5 Å². The summed E-state index contributed by atoms with van der Waals surface area (Å²) in [5.74, 6) is 0.516. The first-order valence-electron chi connectivity index (χ1n) is 5.99. The van der Waals surface area contributed by atoms with Gasteiger partial charge in [-0.05, 0) is 59.8 Å². The summed E-state index contributed by atoms with van der Waals surface area (Å²) in [5.41, 5.74) is 1.94. The maximum Gasteiger partial charge on any atom is 0.262 e. The minimum Gasteiger partial charge on any atom is -0.484 e. The van der Waals surface area contributed by atoms with Gasteiger partial charge in [0.15, 0.2) is 6.61 Å². The molecule has 0 aliphatic carbocycles. The van der Waals surface area contributed by atoms with E-state index in [1.54, 1.807) is 0 Å². The van der Waals surface area contributed by atoms with E-state index < -0.39 is 0 Å². The summed E-state index contributed by atoms with van der Waals surface area (Å²) in [6.07, 6.45) is 0. The van der Waals surface area contributed by atoms with Gasteiger partial charge in [-0.2, -0.15) is 0 Å². The summed E-state index contributed by atoms with van der Waals surface area (Å²) in [6.45, 7) is 2.00. The Hall–Kier alpha value is -1.08. The zero-order valence-corrected chi connectivity index (χ0v) is 14.6. The molecule has 0 heterocycles. The van der Waals surface area contributed by atoms with Crippen molar-refractivity contribution in [3.05, 3.63) is 56.1 Å². The van der Waals surface area contributed by atoms with E-state index in [2.05, 4.69) is 43.8 Å². The number of hydrogen-bond donors (Lipinski definition) is 1. The number of rotatable bonds is 4. The topological polar surface area (TPSA) is 38.3 Å². The van der Waals surface area contributed by atoms with Crippen molar-refractivity contribution in [1.29, 1.82) is 0 Å². The molecule has 0 saturated carbocycles. The highest BCUT2D eigenvalue weighted by molar-refractivity contribution is 14.1. The smallest absolute Gasteiger partial charge is 0.262 e. The minimum atomic E-state index is -0.175. The van der Waals surface area contributed by atoms with E-state index in [0.29, 0.717) is 5.75 Å². The Morgan fingerprint density at radius 3 is 2.60 bits per heavy atom. The quantitative estimate of drug-likeness (QED) is 0.709. The first-order valence-corrected chi connectivity index (χ1v) is 7.86. The van der Waals surface area contributed by atoms with Gasteiger partial charge in [0.05, 0.1) is 5.69 Å². The summed E-state index contributed by atoms with van der Waals surface area (Å²) in [4.78, 5) is 11.8. The molecule has 2 aromatic rings. The molecular weight excluding hydrogens is 433 g/mol. The molecule has 0 saturated heterocycles. The largest absolute Gasteiger partial charge is 0.484 e. The molecule has 0 aliphatic rings. The van der Waals surface area contributed by atoms with Crippen LogP contribution < -0.4 is 10.1 Å². The van der Waals surface area contributed by atoms with Gasteiger partial charge >= 0.3 is 0 Å². The third kappa shape index (κ3) is 4.49. The summed E-state index contributed by atoms with van der Waals surface area (Å²) in [5, 5.41) is 2.83. The number of hydrogen-bond acceptors (Lipinski definition) is 2. The molecule has 0 fully saturated rings. The zero-order chi connectivity index (χ0) is 14.5. The lowest BCUT2D eigenvalue weighted by molar-refractivity contribution is -0.118. The third-order valence-corrected chi connectivity index (χ3v) is 3.98. The molecule has 0 atom stereocenters. The Bertz CT molecular complexity index is 614. The first kappa shape index (κ1) is 15.3. The van der Waals surface area contributed by atoms with Crippen LogP contribution in [0.1, 0.15) is 5.56 Å². The molecule has 0 aliphatic heterocycles. The Labute approximate surface area is 140 Å². The third-order valence-electron chi connectivity index (χ3n) is 2.60. The first-order chi connectivity index (χ1) is 9.54. The normalized spacial score (nSPS) is 10.2. The van der Waals surface area contributed by atoms with Crippen molar-refractivity contribution in [2.75, 3.05) is 11.9 Å². The molecular formula is C15H13BrINO2. The number of aryl methyl sites for hydroxylation is 1. The second-order valence-electron chi connectivity index (χ2n) is 4.27. The van der Waals surface area contributed by atoms with Gasteiger partial charge in [-0.3, -0.25) is 4.79 Å². The van der Waals surface area contributed by atoms with Crippen LogP contribution in [0.5, 0.6) is 5.75 Å². The zero-order valence-electron chi connectivity index (χ0n) is 10.8. The van der Waals surface area contributed by atoms with Gasteiger partial charge in [0.25, 0.3) is 5.91 Å². The minimum absolute atomic E-state index is 0.00476. The highest BCUT2D eigenvalue weighted by Crippen LogP contribution is 2.22. The molecule has 0 spiro atoms. The molecule has 0 bridgehead atoms.